The summed E-state index contributed by atoms with van der Waals surface area (Å²) in [7, 11) is 0. The Balaban J connectivity index is 1.83. The summed E-state index contributed by atoms with van der Waals surface area (Å²) < 4.78 is 12.0. The summed E-state index contributed by atoms with van der Waals surface area (Å²) in [5.41, 5.74) is 2.12. The van der Waals surface area contributed by atoms with Crippen molar-refractivity contribution in [1.29, 1.82) is 0 Å². The predicted octanol–water partition coefficient (Wildman–Crippen LogP) is 4.30. The number of benzene rings is 2. The normalized spacial score (nSPS) is 26.5. The van der Waals surface area contributed by atoms with E-state index in [1.165, 1.54) is 0 Å². The van der Waals surface area contributed by atoms with E-state index in [1.54, 1.807) is 0 Å². The van der Waals surface area contributed by atoms with Gasteiger partial charge in [-0.15, -0.1) is 0 Å². The van der Waals surface area contributed by atoms with Gasteiger partial charge in [0.1, 0.15) is 6.10 Å². The Kier molecular flexibility index (Phi) is 3.31. The lowest BCUT2D eigenvalue weighted by atomic mass is 10.1. The molecule has 0 bridgehead atoms. The third kappa shape index (κ3) is 2.52. The van der Waals surface area contributed by atoms with Crippen molar-refractivity contribution in [3.63, 3.8) is 0 Å². The van der Waals surface area contributed by atoms with Crippen molar-refractivity contribution in [1.82, 2.24) is 0 Å². The highest BCUT2D eigenvalue weighted by Gasteiger charge is 2.39. The molecular formula is C16H15ClO2. The lowest BCUT2D eigenvalue weighted by Gasteiger charge is -2.24. The van der Waals surface area contributed by atoms with Crippen molar-refractivity contribution < 1.29 is 9.47 Å². The van der Waals surface area contributed by atoms with E-state index in [0.29, 0.717) is 11.6 Å². The van der Waals surface area contributed by atoms with E-state index in [0.717, 1.165) is 11.1 Å². The molecule has 2 aromatic rings. The van der Waals surface area contributed by atoms with Gasteiger partial charge in [0.25, 0.3) is 0 Å². The van der Waals surface area contributed by atoms with Gasteiger partial charge in [0, 0.05) is 10.6 Å². The minimum atomic E-state index is -0.703. The number of halogens is 1. The van der Waals surface area contributed by atoms with Crippen molar-refractivity contribution in [3.05, 3.63) is 70.7 Å². The summed E-state index contributed by atoms with van der Waals surface area (Å²) in [5, 5.41) is 0.713. The summed E-state index contributed by atoms with van der Waals surface area (Å²) in [5.74, 6) is -0.703. The van der Waals surface area contributed by atoms with Crippen molar-refractivity contribution >= 4 is 11.6 Å². The first kappa shape index (κ1) is 12.7. The molecule has 1 heterocycles. The van der Waals surface area contributed by atoms with Crippen LogP contribution in [0.3, 0.4) is 0 Å². The molecule has 1 fully saturated rings. The van der Waals surface area contributed by atoms with Crippen LogP contribution in [0.2, 0.25) is 5.02 Å². The maximum Gasteiger partial charge on any atom is 0.192 e. The first-order valence-corrected chi connectivity index (χ1v) is 6.68. The lowest BCUT2D eigenvalue weighted by Crippen LogP contribution is -2.22. The zero-order valence-corrected chi connectivity index (χ0v) is 11.4. The molecule has 3 heteroatoms. The minimum absolute atomic E-state index is 0.0260. The molecule has 2 aromatic carbocycles. The van der Waals surface area contributed by atoms with Gasteiger partial charge in [0.2, 0.25) is 0 Å². The van der Waals surface area contributed by atoms with E-state index in [1.807, 2.05) is 49.4 Å². The van der Waals surface area contributed by atoms with Crippen molar-refractivity contribution in [2.75, 3.05) is 6.61 Å². The molecule has 0 N–H and O–H groups in total. The Bertz CT molecular complexity index is 553. The Morgan fingerprint density at radius 2 is 1.74 bits per heavy atom. The molecule has 0 aliphatic carbocycles. The summed E-state index contributed by atoms with van der Waals surface area (Å²) in [6.45, 7) is 2.50. The Morgan fingerprint density at radius 3 is 2.42 bits per heavy atom. The van der Waals surface area contributed by atoms with Crippen LogP contribution in [0.4, 0.5) is 0 Å². The molecule has 0 unspecified atom stereocenters. The van der Waals surface area contributed by atoms with Crippen LogP contribution >= 0.6 is 11.6 Å². The van der Waals surface area contributed by atoms with Gasteiger partial charge in [-0.1, -0.05) is 54.1 Å². The van der Waals surface area contributed by atoms with Crippen molar-refractivity contribution in [2.24, 2.45) is 0 Å². The largest absolute Gasteiger partial charge is 0.343 e. The quantitative estimate of drug-likeness (QED) is 0.813. The van der Waals surface area contributed by atoms with Crippen LogP contribution in [0.25, 0.3) is 0 Å². The van der Waals surface area contributed by atoms with E-state index in [4.69, 9.17) is 21.1 Å². The molecule has 98 valence electrons. The summed E-state index contributed by atoms with van der Waals surface area (Å²) in [6, 6.07) is 17.7. The molecule has 3 rings (SSSR count). The first-order valence-electron chi connectivity index (χ1n) is 6.30. The Morgan fingerprint density at radius 1 is 1.05 bits per heavy atom. The number of hydrogen-bond acceptors (Lipinski definition) is 2. The van der Waals surface area contributed by atoms with Crippen LogP contribution in [0.1, 0.15) is 24.2 Å². The third-order valence-corrected chi connectivity index (χ3v) is 3.67. The maximum absolute atomic E-state index is 6.10. The molecule has 1 aliphatic rings. The van der Waals surface area contributed by atoms with E-state index >= 15 is 0 Å². The van der Waals surface area contributed by atoms with Gasteiger partial charge >= 0.3 is 0 Å². The van der Waals surface area contributed by atoms with Gasteiger partial charge < -0.3 is 9.47 Å². The predicted molar refractivity (Wildman–Crippen MR) is 75.0 cm³/mol. The monoisotopic (exact) mass is 274 g/mol. The second-order valence-electron chi connectivity index (χ2n) is 4.78. The highest BCUT2D eigenvalue weighted by Crippen LogP contribution is 2.40. The highest BCUT2D eigenvalue weighted by atomic mass is 35.5. The van der Waals surface area contributed by atoms with Crippen molar-refractivity contribution in [3.8, 4) is 0 Å². The molecule has 1 aliphatic heterocycles. The average Bonchev–Trinajstić information content (AvgIpc) is 2.84. The van der Waals surface area contributed by atoms with Crippen LogP contribution in [0.5, 0.6) is 0 Å². The second kappa shape index (κ2) is 4.97. The first-order chi connectivity index (χ1) is 9.17. The molecule has 2 atom stereocenters. The van der Waals surface area contributed by atoms with Gasteiger partial charge in [0.05, 0.1) is 6.61 Å². The molecule has 1 saturated heterocycles. The maximum atomic E-state index is 6.10. The topological polar surface area (TPSA) is 18.5 Å². The van der Waals surface area contributed by atoms with E-state index < -0.39 is 5.79 Å². The molecule has 0 radical (unpaired) electrons. The number of hydrogen-bond donors (Lipinski definition) is 0. The molecule has 0 amide bonds. The van der Waals surface area contributed by atoms with Gasteiger partial charge in [-0.2, -0.15) is 0 Å². The fourth-order valence-corrected chi connectivity index (χ4v) is 2.44. The van der Waals surface area contributed by atoms with Gasteiger partial charge in [-0.3, -0.25) is 0 Å². The lowest BCUT2D eigenvalue weighted by molar-refractivity contribution is -0.162. The smallest absolute Gasteiger partial charge is 0.192 e. The average molecular weight is 275 g/mol. The highest BCUT2D eigenvalue weighted by molar-refractivity contribution is 6.30. The molecule has 0 saturated carbocycles. The molecular weight excluding hydrogens is 260 g/mol. The van der Waals surface area contributed by atoms with E-state index in [-0.39, 0.29) is 6.10 Å². The van der Waals surface area contributed by atoms with Gasteiger partial charge in [-0.25, -0.2) is 0 Å². The Hall–Kier alpha value is -1.35. The van der Waals surface area contributed by atoms with Crippen LogP contribution < -0.4 is 0 Å². The molecule has 0 aromatic heterocycles. The third-order valence-electron chi connectivity index (χ3n) is 3.42. The summed E-state index contributed by atoms with van der Waals surface area (Å²) in [4.78, 5) is 0. The van der Waals surface area contributed by atoms with Crippen LogP contribution in [-0.4, -0.2) is 6.61 Å². The fourth-order valence-electron chi connectivity index (χ4n) is 2.31. The fraction of sp³-hybridized carbons (Fsp3) is 0.250. The van der Waals surface area contributed by atoms with Crippen LogP contribution in [0, 0.1) is 0 Å². The SMILES string of the molecule is C[C@]1(c2ccc(Cl)cc2)OC[C@@H](c2ccccc2)O1. The standard InChI is InChI=1S/C16H15ClO2/c1-16(13-7-9-14(17)10-8-13)18-11-15(19-16)12-5-3-2-4-6-12/h2-10,15H,11H2,1H3/t15-,16-/m0/s1. The van der Waals surface area contributed by atoms with Crippen LogP contribution in [0.15, 0.2) is 54.6 Å². The second-order valence-corrected chi connectivity index (χ2v) is 5.22. The number of ether oxygens (including phenoxy) is 2. The summed E-state index contributed by atoms with van der Waals surface area (Å²) in [6.07, 6.45) is -0.0260. The van der Waals surface area contributed by atoms with Gasteiger partial charge in [-0.05, 0) is 24.6 Å². The molecule has 19 heavy (non-hydrogen) atoms. The van der Waals surface area contributed by atoms with Crippen LogP contribution in [-0.2, 0) is 15.3 Å². The number of rotatable bonds is 2. The van der Waals surface area contributed by atoms with E-state index in [9.17, 15) is 0 Å². The minimum Gasteiger partial charge on any atom is -0.343 e. The summed E-state index contributed by atoms with van der Waals surface area (Å²) >= 11 is 5.91. The zero-order valence-electron chi connectivity index (χ0n) is 10.7. The van der Waals surface area contributed by atoms with Gasteiger partial charge in [0.15, 0.2) is 5.79 Å². The van der Waals surface area contributed by atoms with E-state index in [2.05, 4.69) is 12.1 Å². The van der Waals surface area contributed by atoms with Crippen molar-refractivity contribution in [2.45, 2.75) is 18.8 Å². The zero-order chi connectivity index (χ0) is 13.3. The molecule has 2 nitrogen and oxygen atoms in total. The Labute approximate surface area is 117 Å². The molecule has 0 spiro atoms.